The van der Waals surface area contributed by atoms with Crippen molar-refractivity contribution in [2.45, 2.75) is 6.29 Å². The fraction of sp³-hybridized carbons (Fsp3) is 0.0625. The number of para-hydroxylation sites is 1. The van der Waals surface area contributed by atoms with Crippen molar-refractivity contribution in [3.63, 3.8) is 0 Å². The lowest BCUT2D eigenvalue weighted by molar-refractivity contribution is 0.750. The number of hydrogen-bond acceptors (Lipinski definition) is 3. The maximum absolute atomic E-state index is 6.12. The fourth-order valence-electron chi connectivity index (χ4n) is 2.74. The Kier molecular flexibility index (Phi) is 3.08. The molecule has 0 aliphatic carbocycles. The van der Waals surface area contributed by atoms with Gasteiger partial charge in [-0.1, -0.05) is 42.5 Å². The average Bonchev–Trinajstić information content (AvgIpc) is 2.75. The zero-order valence-electron chi connectivity index (χ0n) is 10.7. The third-order valence-electron chi connectivity index (χ3n) is 3.62. The van der Waals surface area contributed by atoms with Crippen molar-refractivity contribution in [1.82, 2.24) is 0 Å². The summed E-state index contributed by atoms with van der Waals surface area (Å²) in [5.41, 5.74) is 9.48. The normalized spacial score (nSPS) is 18.4. The van der Waals surface area contributed by atoms with Gasteiger partial charge in [-0.25, -0.2) is 0 Å². The van der Waals surface area contributed by atoms with Gasteiger partial charge in [0.25, 0.3) is 0 Å². The van der Waals surface area contributed by atoms with Crippen LogP contribution in [0.3, 0.4) is 0 Å². The Morgan fingerprint density at radius 3 is 2.65 bits per heavy atom. The summed E-state index contributed by atoms with van der Waals surface area (Å²) in [6.07, 6.45) is 3.74. The lowest BCUT2D eigenvalue weighted by atomic mass is 10.1. The molecule has 0 saturated carbocycles. The van der Waals surface area contributed by atoms with Crippen molar-refractivity contribution < 1.29 is 0 Å². The van der Waals surface area contributed by atoms with E-state index in [1.54, 1.807) is 0 Å². The number of hydrogen-bond donors (Lipinski definition) is 1. The van der Waals surface area contributed by atoms with Gasteiger partial charge in [0.2, 0.25) is 0 Å². The number of nitrogens with two attached hydrogens (primary N) is 1. The molecule has 0 fully saturated rings. The molecule has 0 saturated heterocycles. The van der Waals surface area contributed by atoms with Gasteiger partial charge in [-0.2, -0.15) is 0 Å². The Morgan fingerprint density at radius 1 is 1.00 bits per heavy atom. The molecule has 0 aromatic heterocycles. The number of halogens is 1. The van der Waals surface area contributed by atoms with Crippen LogP contribution in [-0.4, -0.2) is 12.5 Å². The van der Waals surface area contributed by atoms with E-state index in [1.165, 1.54) is 16.0 Å². The molecule has 2 aromatic rings. The van der Waals surface area contributed by atoms with Gasteiger partial charge in [0.1, 0.15) is 0 Å². The summed E-state index contributed by atoms with van der Waals surface area (Å²) in [4.78, 5) is 6.44. The van der Waals surface area contributed by atoms with Crippen molar-refractivity contribution in [2.75, 3.05) is 4.90 Å². The van der Waals surface area contributed by atoms with Gasteiger partial charge < -0.3 is 4.90 Å². The van der Waals surface area contributed by atoms with Crippen molar-refractivity contribution in [3.8, 4) is 0 Å². The first-order valence-electron chi connectivity index (χ1n) is 6.33. The topological polar surface area (TPSA) is 41.6 Å². The van der Waals surface area contributed by atoms with Gasteiger partial charge in [-0.05, 0) is 22.9 Å². The molecule has 4 rings (SSSR count). The molecule has 2 aromatic carbocycles. The van der Waals surface area contributed by atoms with E-state index >= 15 is 0 Å². The van der Waals surface area contributed by atoms with Gasteiger partial charge in [-0.15, -0.1) is 12.4 Å². The zero-order valence-corrected chi connectivity index (χ0v) is 11.5. The maximum Gasteiger partial charge on any atom is 0.178 e. The molecule has 1 atom stereocenters. The molecule has 3 nitrogen and oxygen atoms in total. The highest BCUT2D eigenvalue weighted by Gasteiger charge is 2.26. The summed E-state index contributed by atoms with van der Waals surface area (Å²) in [5, 5.41) is 2.38. The van der Waals surface area contributed by atoms with E-state index in [2.05, 4.69) is 46.3 Å². The fourth-order valence-corrected chi connectivity index (χ4v) is 2.74. The number of benzene rings is 2. The second-order valence-electron chi connectivity index (χ2n) is 4.74. The third kappa shape index (κ3) is 1.75. The van der Waals surface area contributed by atoms with Crippen LogP contribution in [0.5, 0.6) is 0 Å². The van der Waals surface area contributed by atoms with Crippen LogP contribution in [0.4, 0.5) is 5.69 Å². The SMILES string of the molecule is Cl.NC1N=CC2=c3ccccc3=Cc3ccccc3N21. The molecule has 2 N–H and O–H groups in total. The minimum absolute atomic E-state index is 0. The zero-order chi connectivity index (χ0) is 12.8. The second-order valence-corrected chi connectivity index (χ2v) is 4.74. The summed E-state index contributed by atoms with van der Waals surface area (Å²) in [7, 11) is 0. The molecule has 2 aliphatic rings. The van der Waals surface area contributed by atoms with E-state index in [0.29, 0.717) is 0 Å². The quantitative estimate of drug-likeness (QED) is 0.789. The van der Waals surface area contributed by atoms with Crippen molar-refractivity contribution in [1.29, 1.82) is 0 Å². The van der Waals surface area contributed by atoms with E-state index in [9.17, 15) is 0 Å². The molecule has 100 valence electrons. The molecular weight excluding hydrogens is 270 g/mol. The predicted molar refractivity (Wildman–Crippen MR) is 85.3 cm³/mol. The predicted octanol–water partition coefficient (Wildman–Crippen LogP) is 1.19. The van der Waals surface area contributed by atoms with Crippen molar-refractivity contribution in [2.24, 2.45) is 10.7 Å². The standard InChI is InChI=1S/C16H13N3.ClH/c17-16-18-10-15-13-7-3-1-5-11(13)9-12-6-2-4-8-14(12)19(15)16;/h1-10,16H,17H2;1H. The van der Waals surface area contributed by atoms with Crippen LogP contribution in [0.2, 0.25) is 0 Å². The van der Waals surface area contributed by atoms with Gasteiger partial charge in [-0.3, -0.25) is 10.7 Å². The molecule has 0 amide bonds. The van der Waals surface area contributed by atoms with Gasteiger partial charge in [0.15, 0.2) is 6.29 Å². The number of fused-ring (bicyclic) bond motifs is 4. The Balaban J connectivity index is 0.00000121. The minimum Gasteiger partial charge on any atom is -0.304 e. The van der Waals surface area contributed by atoms with Crippen LogP contribution in [0, 0.1) is 0 Å². The summed E-state index contributed by atoms with van der Waals surface area (Å²) >= 11 is 0. The van der Waals surface area contributed by atoms with Crippen molar-refractivity contribution >= 4 is 36.1 Å². The second kappa shape index (κ2) is 4.78. The lowest BCUT2D eigenvalue weighted by Gasteiger charge is -2.24. The first-order valence-corrected chi connectivity index (χ1v) is 6.33. The van der Waals surface area contributed by atoms with E-state index in [1.807, 2.05) is 24.4 Å². The maximum atomic E-state index is 6.12. The number of anilines is 1. The molecule has 0 spiro atoms. The van der Waals surface area contributed by atoms with E-state index in [-0.39, 0.29) is 18.7 Å². The lowest BCUT2D eigenvalue weighted by Crippen LogP contribution is -2.39. The first-order chi connectivity index (χ1) is 9.34. The summed E-state index contributed by atoms with van der Waals surface area (Å²) in [5.74, 6) is 0. The monoisotopic (exact) mass is 283 g/mol. The smallest absolute Gasteiger partial charge is 0.178 e. The number of rotatable bonds is 0. The van der Waals surface area contributed by atoms with Gasteiger partial charge in [0.05, 0.1) is 11.4 Å². The van der Waals surface area contributed by atoms with E-state index < -0.39 is 0 Å². The largest absolute Gasteiger partial charge is 0.304 e. The Labute approximate surface area is 123 Å². The Bertz CT molecular complexity index is 810. The van der Waals surface area contributed by atoms with Crippen LogP contribution >= 0.6 is 12.4 Å². The molecule has 2 aliphatic heterocycles. The highest BCUT2D eigenvalue weighted by molar-refractivity contribution is 6.11. The molecular formula is C16H14ClN3. The van der Waals surface area contributed by atoms with Crippen LogP contribution < -0.4 is 21.1 Å². The van der Waals surface area contributed by atoms with E-state index in [0.717, 1.165) is 11.4 Å². The number of aliphatic imine (C=N–C) groups is 1. The van der Waals surface area contributed by atoms with Crippen LogP contribution in [-0.2, 0) is 0 Å². The average molecular weight is 284 g/mol. The molecule has 20 heavy (non-hydrogen) atoms. The summed E-state index contributed by atoms with van der Waals surface area (Å²) in [6.45, 7) is 0. The van der Waals surface area contributed by atoms with Crippen LogP contribution in [0.15, 0.2) is 53.5 Å². The summed E-state index contributed by atoms with van der Waals surface area (Å²) < 4.78 is 0. The molecule has 4 heteroatoms. The first kappa shape index (κ1) is 12.9. The minimum atomic E-state index is -0.337. The molecule has 2 heterocycles. The van der Waals surface area contributed by atoms with E-state index in [4.69, 9.17) is 5.73 Å². The van der Waals surface area contributed by atoms with Crippen LogP contribution in [0.25, 0.3) is 11.8 Å². The third-order valence-corrected chi connectivity index (χ3v) is 3.62. The number of nitrogens with zero attached hydrogens (tertiary/aromatic N) is 2. The van der Waals surface area contributed by atoms with Gasteiger partial charge >= 0.3 is 0 Å². The van der Waals surface area contributed by atoms with Gasteiger partial charge in [0, 0.05) is 11.4 Å². The van der Waals surface area contributed by atoms with Crippen molar-refractivity contribution in [3.05, 3.63) is 64.5 Å². The molecule has 0 radical (unpaired) electrons. The molecule has 1 unspecified atom stereocenters. The summed E-state index contributed by atoms with van der Waals surface area (Å²) in [6, 6.07) is 16.6. The Hall–Kier alpha value is -2.10. The highest BCUT2D eigenvalue weighted by Crippen LogP contribution is 2.29. The highest BCUT2D eigenvalue weighted by atomic mass is 35.5. The van der Waals surface area contributed by atoms with Crippen LogP contribution in [0.1, 0.15) is 5.56 Å². The molecule has 0 bridgehead atoms. The Morgan fingerprint density at radius 2 is 1.75 bits per heavy atom.